The molecule has 32 heavy (non-hydrogen) atoms. The van der Waals surface area contributed by atoms with Gasteiger partial charge in [-0.25, -0.2) is 9.59 Å². The Kier molecular flexibility index (Phi) is 8.87. The first-order valence-corrected chi connectivity index (χ1v) is 11.4. The van der Waals surface area contributed by atoms with Crippen LogP contribution in [0, 0.1) is 0 Å². The van der Waals surface area contributed by atoms with Gasteiger partial charge in [0.2, 0.25) is 0 Å². The summed E-state index contributed by atoms with van der Waals surface area (Å²) in [6, 6.07) is 13.5. The van der Waals surface area contributed by atoms with Gasteiger partial charge in [-0.3, -0.25) is 0 Å². The Balaban J connectivity index is 2.12. The summed E-state index contributed by atoms with van der Waals surface area (Å²) in [6.07, 6.45) is 0.0670. The average Bonchev–Trinajstić information content (AvgIpc) is 2.71. The Bertz CT molecular complexity index is 960. The minimum Gasteiger partial charge on any atom is -0.496 e. The maximum atomic E-state index is 12.4. The molecule has 0 saturated heterocycles. The molecule has 0 aromatic heterocycles. The highest BCUT2D eigenvalue weighted by molar-refractivity contribution is 7.99. The molecule has 1 atom stereocenters. The van der Waals surface area contributed by atoms with Crippen molar-refractivity contribution in [2.24, 2.45) is 0 Å². The zero-order chi connectivity index (χ0) is 23.9. The molecule has 1 amide bonds. The lowest BCUT2D eigenvalue weighted by Crippen LogP contribution is -2.54. The molecule has 1 N–H and O–H groups in total. The van der Waals surface area contributed by atoms with E-state index in [1.54, 1.807) is 46.6 Å². The topological polar surface area (TPSA) is 73.9 Å². The summed E-state index contributed by atoms with van der Waals surface area (Å²) in [4.78, 5) is 26.6. The fraction of sp³-hybridized carbons (Fsp3) is 0.417. The smallest absolute Gasteiger partial charge is 0.408 e. The predicted molar refractivity (Wildman–Crippen MR) is 127 cm³/mol. The van der Waals surface area contributed by atoms with Crippen LogP contribution in [0.4, 0.5) is 4.79 Å². The third-order valence-corrected chi connectivity index (χ3v) is 6.03. The molecular weight excluding hydrogens is 450 g/mol. The zero-order valence-corrected chi connectivity index (χ0v) is 20.9. The number of benzene rings is 2. The van der Waals surface area contributed by atoms with Crippen LogP contribution in [0.2, 0.25) is 5.02 Å². The highest BCUT2D eigenvalue weighted by Gasteiger charge is 2.37. The van der Waals surface area contributed by atoms with Gasteiger partial charge in [-0.05, 0) is 70.4 Å². The van der Waals surface area contributed by atoms with E-state index in [0.717, 1.165) is 21.1 Å². The van der Waals surface area contributed by atoms with Crippen molar-refractivity contribution in [1.82, 2.24) is 5.32 Å². The van der Waals surface area contributed by atoms with Crippen LogP contribution in [0.5, 0.6) is 5.75 Å². The van der Waals surface area contributed by atoms with Crippen molar-refractivity contribution in [2.75, 3.05) is 14.2 Å². The van der Waals surface area contributed by atoms with Gasteiger partial charge in [0.25, 0.3) is 0 Å². The summed E-state index contributed by atoms with van der Waals surface area (Å²) in [5.74, 6) is 0.239. The van der Waals surface area contributed by atoms with Crippen LogP contribution >= 0.6 is 23.4 Å². The van der Waals surface area contributed by atoms with Crippen LogP contribution in [0.15, 0.2) is 52.3 Å². The molecule has 0 spiro atoms. The SMILES string of the molecule is COC(=O)[C@](C)(CCc1ccc(Sc2ccccc2OC)cc1Cl)NC(=O)OC(C)(C)C. The number of ether oxygens (including phenoxy) is 3. The second kappa shape index (κ2) is 11.0. The summed E-state index contributed by atoms with van der Waals surface area (Å²) in [6.45, 7) is 6.88. The molecule has 2 aromatic carbocycles. The first kappa shape index (κ1) is 25.9. The van der Waals surface area contributed by atoms with E-state index in [1.807, 2.05) is 42.5 Å². The van der Waals surface area contributed by atoms with Gasteiger partial charge < -0.3 is 19.5 Å². The van der Waals surface area contributed by atoms with Crippen LogP contribution in [0.3, 0.4) is 0 Å². The molecule has 0 radical (unpaired) electrons. The molecule has 0 aliphatic rings. The van der Waals surface area contributed by atoms with E-state index in [0.29, 0.717) is 11.4 Å². The number of amides is 1. The summed E-state index contributed by atoms with van der Waals surface area (Å²) >= 11 is 8.08. The normalized spacial score (nSPS) is 13.1. The number of aryl methyl sites for hydroxylation is 1. The molecule has 2 rings (SSSR count). The van der Waals surface area contributed by atoms with E-state index in [4.69, 9.17) is 25.8 Å². The fourth-order valence-corrected chi connectivity index (χ4v) is 4.28. The molecular formula is C24H30ClNO5S. The molecule has 2 aromatic rings. The lowest BCUT2D eigenvalue weighted by Gasteiger charge is -2.29. The number of nitrogens with one attached hydrogen (secondary N) is 1. The van der Waals surface area contributed by atoms with Gasteiger partial charge in [0, 0.05) is 9.92 Å². The Morgan fingerprint density at radius 2 is 1.75 bits per heavy atom. The molecule has 8 heteroatoms. The van der Waals surface area contributed by atoms with Gasteiger partial charge in [0.1, 0.15) is 16.9 Å². The third kappa shape index (κ3) is 7.35. The largest absolute Gasteiger partial charge is 0.496 e. The zero-order valence-electron chi connectivity index (χ0n) is 19.3. The molecule has 0 saturated carbocycles. The van der Waals surface area contributed by atoms with E-state index in [2.05, 4.69) is 5.32 Å². The average molecular weight is 480 g/mol. The highest BCUT2D eigenvalue weighted by Crippen LogP contribution is 2.36. The van der Waals surface area contributed by atoms with E-state index in [9.17, 15) is 9.59 Å². The van der Waals surface area contributed by atoms with Crippen molar-refractivity contribution in [2.45, 2.75) is 61.5 Å². The van der Waals surface area contributed by atoms with Gasteiger partial charge in [0.05, 0.1) is 19.1 Å². The summed E-state index contributed by atoms with van der Waals surface area (Å²) in [5.41, 5.74) is -1.08. The molecule has 0 unspecified atom stereocenters. The molecule has 0 aliphatic carbocycles. The van der Waals surface area contributed by atoms with E-state index < -0.39 is 23.2 Å². The van der Waals surface area contributed by atoms with Crippen LogP contribution < -0.4 is 10.1 Å². The van der Waals surface area contributed by atoms with Crippen molar-refractivity contribution in [1.29, 1.82) is 0 Å². The number of carbonyl (C=O) groups is 2. The van der Waals surface area contributed by atoms with Gasteiger partial charge in [-0.2, -0.15) is 0 Å². The van der Waals surface area contributed by atoms with E-state index >= 15 is 0 Å². The van der Waals surface area contributed by atoms with Crippen LogP contribution in [0.25, 0.3) is 0 Å². The quantitative estimate of drug-likeness (QED) is 0.476. The molecule has 6 nitrogen and oxygen atoms in total. The second-order valence-electron chi connectivity index (χ2n) is 8.46. The van der Waals surface area contributed by atoms with Crippen LogP contribution in [0.1, 0.15) is 39.7 Å². The number of carbonyl (C=O) groups excluding carboxylic acids is 2. The predicted octanol–water partition coefficient (Wildman–Crippen LogP) is 5.89. The van der Waals surface area contributed by atoms with Gasteiger partial charge in [0.15, 0.2) is 0 Å². The highest BCUT2D eigenvalue weighted by atomic mass is 35.5. The Hall–Kier alpha value is -2.38. The first-order valence-electron chi connectivity index (χ1n) is 10.2. The standard InChI is InChI=1S/C24H30ClNO5S/c1-23(2,3)31-22(28)26-24(4,21(27)30-6)14-13-16-11-12-17(15-18(16)25)32-20-10-8-7-9-19(20)29-5/h7-12,15H,13-14H2,1-6H3,(H,26,28)/t24-/m0/s1. The van der Waals surface area contributed by atoms with E-state index in [1.165, 1.54) is 7.11 Å². The summed E-state index contributed by atoms with van der Waals surface area (Å²) in [5, 5.41) is 3.23. The van der Waals surface area contributed by atoms with Gasteiger partial charge in [-0.15, -0.1) is 0 Å². The van der Waals surface area contributed by atoms with Crippen molar-refractivity contribution in [3.05, 3.63) is 53.1 Å². The molecule has 0 fully saturated rings. The van der Waals surface area contributed by atoms with Gasteiger partial charge >= 0.3 is 12.1 Å². The third-order valence-electron chi connectivity index (χ3n) is 4.63. The lowest BCUT2D eigenvalue weighted by atomic mass is 9.93. The molecule has 0 aliphatic heterocycles. The van der Waals surface area contributed by atoms with E-state index in [-0.39, 0.29) is 6.42 Å². The summed E-state index contributed by atoms with van der Waals surface area (Å²) < 4.78 is 15.6. The molecule has 0 heterocycles. The van der Waals surface area contributed by atoms with Crippen LogP contribution in [-0.2, 0) is 20.7 Å². The monoisotopic (exact) mass is 479 g/mol. The lowest BCUT2D eigenvalue weighted by molar-refractivity contribution is -0.148. The number of rotatable bonds is 8. The second-order valence-corrected chi connectivity index (χ2v) is 9.98. The number of hydrogen-bond donors (Lipinski definition) is 1. The maximum Gasteiger partial charge on any atom is 0.408 e. The van der Waals surface area contributed by atoms with Crippen molar-refractivity contribution >= 4 is 35.4 Å². The molecule has 174 valence electrons. The number of methoxy groups -OCH3 is 2. The number of esters is 1. The van der Waals surface area contributed by atoms with Gasteiger partial charge in [-0.1, -0.05) is 41.6 Å². The molecule has 0 bridgehead atoms. The van der Waals surface area contributed by atoms with Crippen molar-refractivity contribution in [3.8, 4) is 5.75 Å². The minimum absolute atomic E-state index is 0.289. The Morgan fingerprint density at radius 1 is 1.06 bits per heavy atom. The number of para-hydroxylation sites is 1. The van der Waals surface area contributed by atoms with Crippen LogP contribution in [-0.4, -0.2) is 37.4 Å². The van der Waals surface area contributed by atoms with Crippen molar-refractivity contribution < 1.29 is 23.8 Å². The summed E-state index contributed by atoms with van der Waals surface area (Å²) in [7, 11) is 2.92. The number of hydrogen-bond acceptors (Lipinski definition) is 6. The Labute approximate surface area is 199 Å². The Morgan fingerprint density at radius 3 is 2.34 bits per heavy atom. The number of alkyl carbamates (subject to hydrolysis) is 1. The number of halogens is 1. The minimum atomic E-state index is -1.26. The maximum absolute atomic E-state index is 12.4. The fourth-order valence-electron chi connectivity index (χ4n) is 2.98. The van der Waals surface area contributed by atoms with Crippen molar-refractivity contribution in [3.63, 3.8) is 0 Å². The first-order chi connectivity index (χ1) is 15.0.